The molecular formula is C21H23N3O6. The van der Waals surface area contributed by atoms with Crippen molar-refractivity contribution in [1.29, 1.82) is 0 Å². The number of hydrogen-bond acceptors (Lipinski definition) is 7. The predicted molar refractivity (Wildman–Crippen MR) is 110 cm³/mol. The van der Waals surface area contributed by atoms with Gasteiger partial charge in [0.15, 0.2) is 18.1 Å². The molecule has 9 nitrogen and oxygen atoms in total. The SMILES string of the molecule is COc1cccc(OCC(=O)N/N=C(/C)CC(=O)Nc2ccc3c(c2)OCCO3)c1. The number of hydrogen-bond donors (Lipinski definition) is 2. The van der Waals surface area contributed by atoms with Crippen LogP contribution in [-0.4, -0.2) is 44.5 Å². The Morgan fingerprint density at radius 3 is 2.60 bits per heavy atom. The van der Waals surface area contributed by atoms with E-state index in [0.717, 1.165) is 0 Å². The van der Waals surface area contributed by atoms with Gasteiger partial charge >= 0.3 is 0 Å². The normalized spacial score (nSPS) is 12.7. The highest BCUT2D eigenvalue weighted by molar-refractivity contribution is 6.05. The summed E-state index contributed by atoms with van der Waals surface area (Å²) in [5.74, 6) is 1.66. The average molecular weight is 413 g/mol. The van der Waals surface area contributed by atoms with Gasteiger partial charge in [-0.05, 0) is 31.2 Å². The van der Waals surface area contributed by atoms with E-state index in [-0.39, 0.29) is 18.9 Å². The standard InChI is InChI=1S/C21H23N3O6/c1-14(23-24-21(26)13-30-17-5-3-4-16(12-17)27-2)10-20(25)22-15-6-7-18-19(11-15)29-9-8-28-18/h3-7,11-12H,8-10,13H2,1-2H3,(H,22,25)(H,24,26)/b23-14-. The van der Waals surface area contributed by atoms with Gasteiger partial charge in [0.1, 0.15) is 24.7 Å². The van der Waals surface area contributed by atoms with Crippen LogP contribution in [0.4, 0.5) is 5.69 Å². The van der Waals surface area contributed by atoms with Crippen molar-refractivity contribution in [3.8, 4) is 23.0 Å². The van der Waals surface area contributed by atoms with Crippen molar-refractivity contribution < 1.29 is 28.5 Å². The van der Waals surface area contributed by atoms with Crippen molar-refractivity contribution in [1.82, 2.24) is 5.43 Å². The van der Waals surface area contributed by atoms with Gasteiger partial charge in [0.05, 0.1) is 13.5 Å². The summed E-state index contributed by atoms with van der Waals surface area (Å²) >= 11 is 0. The second-order valence-electron chi connectivity index (χ2n) is 6.43. The van der Waals surface area contributed by atoms with E-state index in [4.69, 9.17) is 18.9 Å². The lowest BCUT2D eigenvalue weighted by atomic mass is 10.2. The molecule has 2 amide bonds. The molecule has 0 saturated carbocycles. The molecule has 9 heteroatoms. The Balaban J connectivity index is 1.43. The van der Waals surface area contributed by atoms with Gasteiger partial charge in [-0.15, -0.1) is 0 Å². The molecule has 3 rings (SSSR count). The van der Waals surface area contributed by atoms with Crippen molar-refractivity contribution in [2.75, 3.05) is 32.2 Å². The fourth-order valence-electron chi connectivity index (χ4n) is 2.63. The molecule has 158 valence electrons. The number of nitrogens with one attached hydrogen (secondary N) is 2. The Bertz CT molecular complexity index is 944. The van der Waals surface area contributed by atoms with Crippen LogP contribution in [-0.2, 0) is 9.59 Å². The lowest BCUT2D eigenvalue weighted by Gasteiger charge is -2.19. The van der Waals surface area contributed by atoms with E-state index < -0.39 is 5.91 Å². The first-order chi connectivity index (χ1) is 14.5. The second kappa shape index (κ2) is 10.1. The van der Waals surface area contributed by atoms with Gasteiger partial charge < -0.3 is 24.3 Å². The van der Waals surface area contributed by atoms with Crippen LogP contribution in [0.5, 0.6) is 23.0 Å². The van der Waals surface area contributed by atoms with Gasteiger partial charge in [0.2, 0.25) is 5.91 Å². The second-order valence-corrected chi connectivity index (χ2v) is 6.43. The van der Waals surface area contributed by atoms with Gasteiger partial charge in [-0.3, -0.25) is 9.59 Å². The highest BCUT2D eigenvalue weighted by Gasteiger charge is 2.13. The van der Waals surface area contributed by atoms with Crippen molar-refractivity contribution in [3.63, 3.8) is 0 Å². The maximum Gasteiger partial charge on any atom is 0.277 e. The Morgan fingerprint density at radius 2 is 1.80 bits per heavy atom. The smallest absolute Gasteiger partial charge is 0.277 e. The number of methoxy groups -OCH3 is 1. The van der Waals surface area contributed by atoms with Gasteiger partial charge in [-0.25, -0.2) is 5.43 Å². The highest BCUT2D eigenvalue weighted by Crippen LogP contribution is 2.32. The minimum absolute atomic E-state index is 0.0193. The van der Waals surface area contributed by atoms with Crippen LogP contribution in [0.2, 0.25) is 0 Å². The number of rotatable bonds is 8. The first kappa shape index (κ1) is 21.0. The third-order valence-corrected chi connectivity index (χ3v) is 4.02. The van der Waals surface area contributed by atoms with E-state index in [2.05, 4.69) is 15.8 Å². The van der Waals surface area contributed by atoms with E-state index in [1.807, 2.05) is 0 Å². The van der Waals surface area contributed by atoms with E-state index in [1.165, 1.54) is 0 Å². The quantitative estimate of drug-likeness (QED) is 0.508. The number of amides is 2. The highest BCUT2D eigenvalue weighted by atomic mass is 16.6. The maximum absolute atomic E-state index is 12.2. The van der Waals surface area contributed by atoms with Gasteiger partial charge in [0, 0.05) is 23.5 Å². The molecule has 0 bridgehead atoms. The van der Waals surface area contributed by atoms with Crippen LogP contribution in [0.25, 0.3) is 0 Å². The molecule has 0 saturated heterocycles. The molecule has 1 heterocycles. The molecule has 1 aliphatic rings. The summed E-state index contributed by atoms with van der Waals surface area (Å²) in [6.45, 7) is 2.40. The third-order valence-electron chi connectivity index (χ3n) is 4.02. The minimum Gasteiger partial charge on any atom is -0.497 e. The molecule has 2 aromatic carbocycles. The zero-order chi connectivity index (χ0) is 21.3. The molecule has 0 aliphatic carbocycles. The van der Waals surface area contributed by atoms with E-state index in [1.54, 1.807) is 56.5 Å². The van der Waals surface area contributed by atoms with Gasteiger partial charge in [-0.2, -0.15) is 5.10 Å². The summed E-state index contributed by atoms with van der Waals surface area (Å²) < 4.78 is 21.4. The van der Waals surface area contributed by atoms with Crippen LogP contribution >= 0.6 is 0 Å². The lowest BCUT2D eigenvalue weighted by molar-refractivity contribution is -0.123. The minimum atomic E-state index is -0.440. The monoisotopic (exact) mass is 413 g/mol. The lowest BCUT2D eigenvalue weighted by Crippen LogP contribution is -2.26. The van der Waals surface area contributed by atoms with E-state index in [0.29, 0.717) is 47.6 Å². The summed E-state index contributed by atoms with van der Waals surface area (Å²) in [7, 11) is 1.55. The fourth-order valence-corrected chi connectivity index (χ4v) is 2.63. The molecule has 2 aromatic rings. The molecule has 0 fully saturated rings. The molecule has 0 spiro atoms. The summed E-state index contributed by atoms with van der Waals surface area (Å²) in [6, 6.07) is 12.1. The van der Waals surface area contributed by atoms with Crippen LogP contribution in [0.15, 0.2) is 47.6 Å². The van der Waals surface area contributed by atoms with Gasteiger partial charge in [0.25, 0.3) is 5.91 Å². The Labute approximate surface area is 174 Å². The van der Waals surface area contributed by atoms with Crippen molar-refractivity contribution >= 4 is 23.2 Å². The number of fused-ring (bicyclic) bond motifs is 1. The summed E-state index contributed by atoms with van der Waals surface area (Å²) in [6.07, 6.45) is 0.0193. The average Bonchev–Trinajstić information content (AvgIpc) is 2.76. The van der Waals surface area contributed by atoms with Crippen molar-refractivity contribution in [2.45, 2.75) is 13.3 Å². The number of benzene rings is 2. The van der Waals surface area contributed by atoms with Crippen molar-refractivity contribution in [2.24, 2.45) is 5.10 Å². The molecule has 0 unspecified atom stereocenters. The number of ether oxygens (including phenoxy) is 4. The molecule has 0 radical (unpaired) electrons. The maximum atomic E-state index is 12.2. The first-order valence-electron chi connectivity index (χ1n) is 9.32. The number of anilines is 1. The number of carbonyl (C=O) groups excluding carboxylic acids is 2. The van der Waals surface area contributed by atoms with Crippen LogP contribution in [0.1, 0.15) is 13.3 Å². The number of nitrogens with zero attached hydrogens (tertiary/aromatic N) is 1. The van der Waals surface area contributed by atoms with Crippen LogP contribution < -0.4 is 29.7 Å². The van der Waals surface area contributed by atoms with E-state index >= 15 is 0 Å². The number of carbonyl (C=O) groups is 2. The molecule has 1 aliphatic heterocycles. The molecular weight excluding hydrogens is 390 g/mol. The number of hydrazone groups is 1. The van der Waals surface area contributed by atoms with Crippen LogP contribution in [0.3, 0.4) is 0 Å². The fraction of sp³-hybridized carbons (Fsp3) is 0.286. The molecule has 2 N–H and O–H groups in total. The summed E-state index contributed by atoms with van der Waals surface area (Å²) in [5.41, 5.74) is 3.40. The largest absolute Gasteiger partial charge is 0.497 e. The first-order valence-corrected chi connectivity index (χ1v) is 9.32. The van der Waals surface area contributed by atoms with E-state index in [9.17, 15) is 9.59 Å². The molecule has 0 atom stereocenters. The zero-order valence-electron chi connectivity index (χ0n) is 16.8. The summed E-state index contributed by atoms with van der Waals surface area (Å²) in [4.78, 5) is 24.1. The molecule has 30 heavy (non-hydrogen) atoms. The zero-order valence-corrected chi connectivity index (χ0v) is 16.8. The van der Waals surface area contributed by atoms with Gasteiger partial charge in [-0.1, -0.05) is 6.07 Å². The molecule has 0 aromatic heterocycles. The van der Waals surface area contributed by atoms with Crippen LogP contribution in [0, 0.1) is 0 Å². The van der Waals surface area contributed by atoms with Crippen molar-refractivity contribution in [3.05, 3.63) is 42.5 Å². The Hall–Kier alpha value is -3.75. The summed E-state index contributed by atoms with van der Waals surface area (Å²) in [5, 5.41) is 6.69. The Morgan fingerprint density at radius 1 is 1.03 bits per heavy atom. The topological polar surface area (TPSA) is 107 Å². The predicted octanol–water partition coefficient (Wildman–Crippen LogP) is 2.37. The Kier molecular flexibility index (Phi) is 7.09. The third kappa shape index (κ3) is 6.13.